The number of rotatable bonds is 3. The first-order valence-corrected chi connectivity index (χ1v) is 4.97. The van der Waals surface area contributed by atoms with Gasteiger partial charge in [0.15, 0.2) is 0 Å². The summed E-state index contributed by atoms with van der Waals surface area (Å²) in [5.41, 5.74) is 0.0673. The maximum absolute atomic E-state index is 13.4. The maximum atomic E-state index is 13.4. The molecule has 5 heteroatoms. The van der Waals surface area contributed by atoms with Crippen LogP contribution >= 0.6 is 11.8 Å². The van der Waals surface area contributed by atoms with Crippen molar-refractivity contribution in [3.8, 4) is 0 Å². The van der Waals surface area contributed by atoms with Gasteiger partial charge >= 0.3 is 0 Å². The summed E-state index contributed by atoms with van der Waals surface area (Å²) in [4.78, 5) is 13.2. The molecule has 0 amide bonds. The van der Waals surface area contributed by atoms with Gasteiger partial charge in [-0.25, -0.2) is 18.6 Å². The van der Waals surface area contributed by atoms with E-state index >= 15 is 0 Å². The van der Waals surface area contributed by atoms with Crippen molar-refractivity contribution in [1.82, 2.24) is 0 Å². The molecule has 14 heavy (non-hydrogen) atoms. The number of nitrogens with zero attached hydrogens (tertiary/aromatic N) is 1. The average Bonchev–Trinajstić information content (AvgIpc) is 2.18. The molecule has 0 N–H and O–H groups in total. The zero-order valence-corrected chi connectivity index (χ0v) is 8.20. The fraction of sp³-hybridized carbons (Fsp3) is 0.222. The summed E-state index contributed by atoms with van der Waals surface area (Å²) in [6.45, 7) is -0.180. The summed E-state index contributed by atoms with van der Waals surface area (Å²) in [6.07, 6.45) is 2.92. The van der Waals surface area contributed by atoms with Gasteiger partial charge in [0.05, 0.1) is 6.54 Å². The first-order chi connectivity index (χ1) is 6.69. The van der Waals surface area contributed by atoms with Gasteiger partial charge in [-0.3, -0.25) is 0 Å². The minimum absolute atomic E-state index is 0.0673. The van der Waals surface area contributed by atoms with Gasteiger partial charge < -0.3 is 0 Å². The van der Waals surface area contributed by atoms with Crippen LogP contribution in [0.15, 0.2) is 22.0 Å². The Morgan fingerprint density at radius 3 is 2.79 bits per heavy atom. The molecule has 0 aliphatic carbocycles. The Morgan fingerprint density at radius 2 is 2.21 bits per heavy atom. The number of halogens is 2. The van der Waals surface area contributed by atoms with Crippen LogP contribution in [0.2, 0.25) is 0 Å². The number of benzene rings is 1. The lowest BCUT2D eigenvalue weighted by Crippen LogP contribution is -1.93. The van der Waals surface area contributed by atoms with Crippen LogP contribution in [-0.2, 0) is 11.3 Å². The standard InChI is InChI=1S/C9H7F2NOS/c1-14-8-3-7(10)2-6(9(8)11)4-12-5-13/h2-3H,4H2,1H3. The topological polar surface area (TPSA) is 29.4 Å². The molecule has 0 fully saturated rings. The monoisotopic (exact) mass is 215 g/mol. The molecule has 74 valence electrons. The Morgan fingerprint density at radius 1 is 1.50 bits per heavy atom. The van der Waals surface area contributed by atoms with E-state index in [-0.39, 0.29) is 17.0 Å². The van der Waals surface area contributed by atoms with Crippen LogP contribution in [0.25, 0.3) is 0 Å². The van der Waals surface area contributed by atoms with Crippen molar-refractivity contribution in [2.75, 3.05) is 6.26 Å². The van der Waals surface area contributed by atoms with Crippen LogP contribution in [0.4, 0.5) is 8.78 Å². The van der Waals surface area contributed by atoms with E-state index in [4.69, 9.17) is 0 Å². The van der Waals surface area contributed by atoms with Gasteiger partial charge in [-0.15, -0.1) is 11.8 Å². The van der Waals surface area contributed by atoms with Crippen LogP contribution in [-0.4, -0.2) is 12.3 Å². The number of hydrogen-bond donors (Lipinski definition) is 0. The zero-order chi connectivity index (χ0) is 10.6. The van der Waals surface area contributed by atoms with Crippen LogP contribution in [0, 0.1) is 11.6 Å². The summed E-state index contributed by atoms with van der Waals surface area (Å²) in [7, 11) is 0. The summed E-state index contributed by atoms with van der Waals surface area (Å²) < 4.78 is 26.3. The van der Waals surface area contributed by atoms with Crippen molar-refractivity contribution in [2.45, 2.75) is 11.4 Å². The molecule has 0 atom stereocenters. The molecule has 0 aromatic heterocycles. The highest BCUT2D eigenvalue weighted by molar-refractivity contribution is 7.98. The van der Waals surface area contributed by atoms with E-state index in [1.807, 2.05) is 0 Å². The van der Waals surface area contributed by atoms with Crippen molar-refractivity contribution < 1.29 is 13.6 Å². The SMILES string of the molecule is CSc1cc(F)cc(CN=C=O)c1F. The van der Waals surface area contributed by atoms with Crippen molar-refractivity contribution in [1.29, 1.82) is 0 Å². The molecule has 0 saturated heterocycles. The van der Waals surface area contributed by atoms with Crippen LogP contribution in [0.5, 0.6) is 0 Å². The van der Waals surface area contributed by atoms with E-state index in [0.29, 0.717) is 0 Å². The molecule has 0 aliphatic heterocycles. The fourth-order valence-electron chi connectivity index (χ4n) is 0.999. The quantitative estimate of drug-likeness (QED) is 0.440. The lowest BCUT2D eigenvalue weighted by atomic mass is 10.2. The predicted octanol–water partition coefficient (Wildman–Crippen LogP) is 2.52. The molecular formula is C9H7F2NOS. The summed E-state index contributed by atoms with van der Waals surface area (Å²) >= 11 is 1.10. The molecule has 0 bridgehead atoms. The second kappa shape index (κ2) is 4.88. The Kier molecular flexibility index (Phi) is 3.80. The zero-order valence-electron chi connectivity index (χ0n) is 7.38. The Balaban J connectivity index is 3.14. The number of thioether (sulfide) groups is 1. The van der Waals surface area contributed by atoms with Gasteiger partial charge in [0.2, 0.25) is 6.08 Å². The molecule has 1 aromatic carbocycles. The first kappa shape index (κ1) is 10.9. The van der Waals surface area contributed by atoms with Crippen molar-refractivity contribution in [3.05, 3.63) is 29.3 Å². The number of carbonyl (C=O) groups excluding carboxylic acids is 1. The predicted molar refractivity (Wildman–Crippen MR) is 50.0 cm³/mol. The molecule has 0 saturated carbocycles. The highest BCUT2D eigenvalue weighted by atomic mass is 32.2. The van der Waals surface area contributed by atoms with Crippen LogP contribution in [0.1, 0.15) is 5.56 Å². The molecule has 1 aromatic rings. The normalized spacial score (nSPS) is 9.64. The second-order valence-corrected chi connectivity index (χ2v) is 3.34. The number of hydrogen-bond acceptors (Lipinski definition) is 3. The Bertz CT molecular complexity index is 389. The first-order valence-electron chi connectivity index (χ1n) is 3.74. The Hall–Kier alpha value is -1.19. The van der Waals surface area contributed by atoms with Crippen molar-refractivity contribution >= 4 is 17.8 Å². The molecule has 1 rings (SSSR count). The lowest BCUT2D eigenvalue weighted by Gasteiger charge is -2.03. The molecule has 0 heterocycles. The third-order valence-corrected chi connectivity index (χ3v) is 2.35. The van der Waals surface area contributed by atoms with Crippen molar-refractivity contribution in [3.63, 3.8) is 0 Å². The third-order valence-electron chi connectivity index (χ3n) is 1.61. The van der Waals surface area contributed by atoms with Gasteiger partial charge in [-0.1, -0.05) is 0 Å². The van der Waals surface area contributed by atoms with Gasteiger partial charge in [-0.2, -0.15) is 0 Å². The highest BCUT2D eigenvalue weighted by Crippen LogP contribution is 2.23. The second-order valence-electron chi connectivity index (χ2n) is 2.49. The van der Waals surface area contributed by atoms with Gasteiger partial charge in [0.1, 0.15) is 11.6 Å². The smallest absolute Gasteiger partial charge is 0.211 e. The number of aliphatic imine (C=N–C) groups is 1. The minimum Gasteiger partial charge on any atom is -0.211 e. The van der Waals surface area contributed by atoms with Crippen molar-refractivity contribution in [2.24, 2.45) is 4.99 Å². The van der Waals surface area contributed by atoms with E-state index in [1.54, 1.807) is 6.26 Å². The highest BCUT2D eigenvalue weighted by Gasteiger charge is 2.09. The molecule has 0 spiro atoms. The molecule has 2 nitrogen and oxygen atoms in total. The van der Waals surface area contributed by atoms with Gasteiger partial charge in [0.25, 0.3) is 0 Å². The van der Waals surface area contributed by atoms with E-state index in [9.17, 15) is 13.6 Å². The summed E-state index contributed by atoms with van der Waals surface area (Å²) in [5.74, 6) is -1.07. The van der Waals surface area contributed by atoms with Crippen LogP contribution in [0.3, 0.4) is 0 Å². The largest absolute Gasteiger partial charge is 0.235 e. The minimum atomic E-state index is -0.535. The van der Waals surface area contributed by atoms with E-state index in [0.717, 1.165) is 23.9 Å². The van der Waals surface area contributed by atoms with Gasteiger partial charge in [0, 0.05) is 10.5 Å². The van der Waals surface area contributed by atoms with E-state index < -0.39 is 11.6 Å². The summed E-state index contributed by atoms with van der Waals surface area (Å²) in [6, 6.07) is 2.13. The molecule has 0 aliphatic rings. The van der Waals surface area contributed by atoms with Gasteiger partial charge in [-0.05, 0) is 18.4 Å². The lowest BCUT2D eigenvalue weighted by molar-refractivity contribution is 0.554. The third kappa shape index (κ3) is 2.40. The van der Waals surface area contributed by atoms with E-state index in [2.05, 4.69) is 4.99 Å². The number of isocyanates is 1. The average molecular weight is 215 g/mol. The van der Waals surface area contributed by atoms with E-state index in [1.165, 1.54) is 6.08 Å². The molecule has 0 unspecified atom stereocenters. The molecule has 0 radical (unpaired) electrons. The summed E-state index contributed by atoms with van der Waals surface area (Å²) in [5, 5.41) is 0. The Labute approximate surface area is 84.0 Å². The fourth-order valence-corrected chi connectivity index (χ4v) is 1.54. The molecular weight excluding hydrogens is 208 g/mol. The van der Waals surface area contributed by atoms with Crippen LogP contribution < -0.4 is 0 Å². The maximum Gasteiger partial charge on any atom is 0.235 e.